The van der Waals surface area contributed by atoms with E-state index >= 15 is 0 Å². The van der Waals surface area contributed by atoms with Crippen LogP contribution in [0.2, 0.25) is 5.02 Å². The number of carbonyl (C=O) groups is 1. The third-order valence-electron chi connectivity index (χ3n) is 5.68. The summed E-state index contributed by atoms with van der Waals surface area (Å²) in [4.78, 5) is 17.5. The molecule has 1 N–H and O–H groups in total. The molecule has 33 heavy (non-hydrogen) atoms. The van der Waals surface area contributed by atoms with Crippen LogP contribution in [-0.2, 0) is 0 Å². The van der Waals surface area contributed by atoms with Crippen LogP contribution in [0.3, 0.4) is 0 Å². The van der Waals surface area contributed by atoms with Crippen molar-refractivity contribution >= 4 is 34.3 Å². The minimum atomic E-state index is -0.340. The lowest BCUT2D eigenvalue weighted by Gasteiger charge is -2.08. The molecule has 0 aliphatic rings. The summed E-state index contributed by atoms with van der Waals surface area (Å²) in [5, 5.41) is 3.54. The molecule has 2 aromatic heterocycles. The number of nitrogens with one attached hydrogen (secondary N) is 1. The fraction of sp³-hybridized carbons (Fsp3) is 0.111. The molecule has 0 aliphatic heterocycles. The van der Waals surface area contributed by atoms with Crippen LogP contribution in [0.25, 0.3) is 33.9 Å². The second-order valence-electron chi connectivity index (χ2n) is 8.08. The van der Waals surface area contributed by atoms with E-state index < -0.39 is 0 Å². The highest BCUT2D eigenvalue weighted by Crippen LogP contribution is 2.30. The molecule has 0 bridgehead atoms. The molecule has 5 rings (SSSR count). The fourth-order valence-electron chi connectivity index (χ4n) is 3.63. The minimum absolute atomic E-state index is 0.211. The Morgan fingerprint density at radius 1 is 0.848 bits per heavy atom. The van der Waals surface area contributed by atoms with Crippen LogP contribution in [0, 0.1) is 20.8 Å². The molecule has 5 aromatic rings. The molecule has 0 atom stereocenters. The first-order valence-corrected chi connectivity index (χ1v) is 10.9. The number of halogens is 1. The Balaban J connectivity index is 1.42. The SMILES string of the molecule is Cc1cc2nc(-c3ccc(C)c(NC(=O)c4ccc(-c5cccc(Cl)c5)o4)c3)oc2cc1C. The van der Waals surface area contributed by atoms with Gasteiger partial charge in [0, 0.05) is 21.8 Å². The maximum Gasteiger partial charge on any atom is 0.291 e. The number of amides is 1. The summed E-state index contributed by atoms with van der Waals surface area (Å²) in [5.41, 5.74) is 7.02. The molecule has 2 heterocycles. The van der Waals surface area contributed by atoms with Gasteiger partial charge in [0.2, 0.25) is 5.89 Å². The maximum absolute atomic E-state index is 12.9. The third-order valence-corrected chi connectivity index (χ3v) is 5.91. The van der Waals surface area contributed by atoms with Crippen LogP contribution < -0.4 is 5.32 Å². The van der Waals surface area contributed by atoms with Crippen LogP contribution in [0.15, 0.2) is 75.6 Å². The smallest absolute Gasteiger partial charge is 0.291 e. The molecule has 6 heteroatoms. The summed E-state index contributed by atoms with van der Waals surface area (Å²) >= 11 is 6.06. The number of aromatic nitrogens is 1. The van der Waals surface area contributed by atoms with Gasteiger partial charge < -0.3 is 14.2 Å². The van der Waals surface area contributed by atoms with Crippen molar-refractivity contribution in [1.82, 2.24) is 4.98 Å². The van der Waals surface area contributed by atoms with Gasteiger partial charge in [0.25, 0.3) is 5.91 Å². The lowest BCUT2D eigenvalue weighted by atomic mass is 10.1. The van der Waals surface area contributed by atoms with Crippen molar-refractivity contribution in [3.05, 3.63) is 94.2 Å². The summed E-state index contributed by atoms with van der Waals surface area (Å²) < 4.78 is 11.8. The number of oxazole rings is 1. The second kappa shape index (κ2) is 8.26. The lowest BCUT2D eigenvalue weighted by molar-refractivity contribution is 0.0997. The first-order valence-electron chi connectivity index (χ1n) is 10.5. The van der Waals surface area contributed by atoms with Crippen molar-refractivity contribution in [1.29, 1.82) is 0 Å². The van der Waals surface area contributed by atoms with Crippen LogP contribution in [0.4, 0.5) is 5.69 Å². The van der Waals surface area contributed by atoms with Crippen LogP contribution in [0.1, 0.15) is 27.2 Å². The van der Waals surface area contributed by atoms with E-state index in [1.807, 2.05) is 56.3 Å². The number of carbonyl (C=O) groups excluding carboxylic acids is 1. The number of fused-ring (bicyclic) bond motifs is 1. The molecule has 1 amide bonds. The van der Waals surface area contributed by atoms with Crippen molar-refractivity contribution in [3.63, 3.8) is 0 Å². The predicted octanol–water partition coefficient (Wildman–Crippen LogP) is 7.59. The summed E-state index contributed by atoms with van der Waals surface area (Å²) in [6, 6.07) is 20.4. The molecule has 0 saturated carbocycles. The Hall–Kier alpha value is -3.83. The molecule has 0 spiro atoms. The molecule has 5 nitrogen and oxygen atoms in total. The van der Waals surface area contributed by atoms with E-state index in [9.17, 15) is 4.79 Å². The van der Waals surface area contributed by atoms with Gasteiger partial charge in [-0.25, -0.2) is 4.98 Å². The molecule has 0 aliphatic carbocycles. The maximum atomic E-state index is 12.9. The van der Waals surface area contributed by atoms with E-state index in [0.29, 0.717) is 22.4 Å². The number of furan rings is 1. The van der Waals surface area contributed by atoms with Gasteiger partial charge in [-0.1, -0.05) is 29.8 Å². The van der Waals surface area contributed by atoms with E-state index in [1.165, 1.54) is 0 Å². The van der Waals surface area contributed by atoms with Gasteiger partial charge in [0.15, 0.2) is 11.3 Å². The van der Waals surface area contributed by atoms with Crippen molar-refractivity contribution in [2.75, 3.05) is 5.32 Å². The van der Waals surface area contributed by atoms with E-state index in [-0.39, 0.29) is 11.7 Å². The van der Waals surface area contributed by atoms with Crippen molar-refractivity contribution in [3.8, 4) is 22.8 Å². The normalized spacial score (nSPS) is 11.2. The standard InChI is InChI=1S/C27H21ClN2O3/c1-15-7-8-19(27-30-22-11-16(2)17(3)12-25(22)33-27)14-21(15)29-26(31)24-10-9-23(32-24)18-5-4-6-20(28)13-18/h4-14H,1-3H3,(H,29,31). The van der Waals surface area contributed by atoms with Gasteiger partial charge >= 0.3 is 0 Å². The molecule has 164 valence electrons. The van der Waals surface area contributed by atoms with E-state index in [2.05, 4.69) is 17.2 Å². The molecular weight excluding hydrogens is 436 g/mol. The zero-order valence-electron chi connectivity index (χ0n) is 18.4. The largest absolute Gasteiger partial charge is 0.451 e. The van der Waals surface area contributed by atoms with E-state index in [0.717, 1.165) is 38.9 Å². The summed E-state index contributed by atoms with van der Waals surface area (Å²) in [7, 11) is 0. The fourth-order valence-corrected chi connectivity index (χ4v) is 3.82. The Bertz CT molecular complexity index is 1470. The van der Waals surface area contributed by atoms with Crippen LogP contribution in [0.5, 0.6) is 0 Å². The topological polar surface area (TPSA) is 68.3 Å². The quantitative estimate of drug-likeness (QED) is 0.302. The third kappa shape index (κ3) is 4.15. The molecular formula is C27H21ClN2O3. The van der Waals surface area contributed by atoms with Crippen molar-refractivity contribution < 1.29 is 13.6 Å². The summed E-state index contributed by atoms with van der Waals surface area (Å²) in [6.45, 7) is 6.02. The van der Waals surface area contributed by atoms with Gasteiger partial charge in [0.1, 0.15) is 11.3 Å². The highest BCUT2D eigenvalue weighted by molar-refractivity contribution is 6.30. The molecule has 0 unspecified atom stereocenters. The Morgan fingerprint density at radius 2 is 1.67 bits per heavy atom. The second-order valence-corrected chi connectivity index (χ2v) is 8.52. The minimum Gasteiger partial charge on any atom is -0.451 e. The highest BCUT2D eigenvalue weighted by Gasteiger charge is 2.16. The Morgan fingerprint density at radius 3 is 2.48 bits per heavy atom. The van der Waals surface area contributed by atoms with Crippen molar-refractivity contribution in [2.24, 2.45) is 0 Å². The number of aryl methyl sites for hydroxylation is 3. The number of benzene rings is 3. The van der Waals surface area contributed by atoms with Gasteiger partial charge in [-0.2, -0.15) is 0 Å². The van der Waals surface area contributed by atoms with E-state index in [4.69, 9.17) is 20.4 Å². The predicted molar refractivity (Wildman–Crippen MR) is 131 cm³/mol. The Labute approximate surface area is 196 Å². The zero-order chi connectivity index (χ0) is 23.1. The average molecular weight is 457 g/mol. The zero-order valence-corrected chi connectivity index (χ0v) is 19.2. The van der Waals surface area contributed by atoms with Gasteiger partial charge in [0.05, 0.1) is 0 Å². The van der Waals surface area contributed by atoms with Gasteiger partial charge in [-0.05, 0) is 86.0 Å². The number of rotatable bonds is 4. The van der Waals surface area contributed by atoms with Crippen LogP contribution in [-0.4, -0.2) is 10.9 Å². The van der Waals surface area contributed by atoms with E-state index in [1.54, 1.807) is 24.3 Å². The Kier molecular flexibility index (Phi) is 5.27. The van der Waals surface area contributed by atoms with Gasteiger partial charge in [-0.15, -0.1) is 0 Å². The molecule has 0 saturated heterocycles. The highest BCUT2D eigenvalue weighted by atomic mass is 35.5. The molecule has 0 radical (unpaired) electrons. The van der Waals surface area contributed by atoms with Crippen molar-refractivity contribution in [2.45, 2.75) is 20.8 Å². The number of nitrogens with zero attached hydrogens (tertiary/aromatic N) is 1. The number of hydrogen-bond acceptors (Lipinski definition) is 4. The first kappa shape index (κ1) is 21.0. The first-order chi connectivity index (χ1) is 15.9. The summed E-state index contributed by atoms with van der Waals surface area (Å²) in [5.74, 6) is 0.951. The molecule has 3 aromatic carbocycles. The van der Waals surface area contributed by atoms with Crippen LogP contribution >= 0.6 is 11.6 Å². The number of anilines is 1. The average Bonchev–Trinajstić information content (AvgIpc) is 3.43. The number of hydrogen-bond donors (Lipinski definition) is 1. The summed E-state index contributed by atoms with van der Waals surface area (Å²) in [6.07, 6.45) is 0. The monoisotopic (exact) mass is 456 g/mol. The van der Waals surface area contributed by atoms with Gasteiger partial charge in [-0.3, -0.25) is 4.79 Å². The lowest BCUT2D eigenvalue weighted by Crippen LogP contribution is -2.11. The molecule has 0 fully saturated rings.